The molecule has 3 rings (SSSR count). The molecular formula is C22H21ClN2O4S. The highest BCUT2D eigenvalue weighted by atomic mass is 35.5. The number of ether oxygens (including phenoxy) is 1. The van der Waals surface area contributed by atoms with Crippen molar-refractivity contribution in [3.63, 3.8) is 0 Å². The van der Waals surface area contributed by atoms with E-state index in [9.17, 15) is 13.2 Å². The molecule has 2 N–H and O–H groups in total. The van der Waals surface area contributed by atoms with Gasteiger partial charge in [-0.15, -0.1) is 0 Å². The van der Waals surface area contributed by atoms with Crippen LogP contribution in [0.15, 0.2) is 77.7 Å². The van der Waals surface area contributed by atoms with Crippen molar-refractivity contribution in [2.24, 2.45) is 0 Å². The molecule has 0 saturated carbocycles. The number of hydrogen-bond donors (Lipinski definition) is 2. The van der Waals surface area contributed by atoms with E-state index in [1.807, 2.05) is 13.0 Å². The molecule has 0 heterocycles. The first kappa shape index (κ1) is 21.7. The van der Waals surface area contributed by atoms with E-state index in [0.717, 1.165) is 5.56 Å². The topological polar surface area (TPSA) is 84.5 Å². The number of nitrogens with one attached hydrogen (secondary N) is 2. The quantitative estimate of drug-likeness (QED) is 0.556. The largest absolute Gasteiger partial charge is 0.497 e. The Hall–Kier alpha value is -3.03. The fourth-order valence-electron chi connectivity index (χ4n) is 2.82. The van der Waals surface area contributed by atoms with E-state index in [0.29, 0.717) is 16.5 Å². The Balaban J connectivity index is 1.76. The van der Waals surface area contributed by atoms with E-state index >= 15 is 0 Å². The lowest BCUT2D eigenvalue weighted by Crippen LogP contribution is -2.27. The SMILES string of the molecule is COc1ccc(NS(=O)(=O)c2cccc(C(=O)NC(C)c3cccc(Cl)c3)c2)cc1. The van der Waals surface area contributed by atoms with E-state index in [4.69, 9.17) is 16.3 Å². The van der Waals surface area contributed by atoms with Gasteiger partial charge in [-0.05, 0) is 67.1 Å². The highest BCUT2D eigenvalue weighted by Crippen LogP contribution is 2.21. The number of carbonyl (C=O) groups excluding carboxylic acids is 1. The molecule has 0 bridgehead atoms. The van der Waals surface area contributed by atoms with Gasteiger partial charge in [-0.25, -0.2) is 8.42 Å². The number of hydrogen-bond acceptors (Lipinski definition) is 4. The predicted octanol–water partition coefficient (Wildman–Crippen LogP) is 4.64. The highest BCUT2D eigenvalue weighted by molar-refractivity contribution is 7.92. The average molecular weight is 445 g/mol. The minimum atomic E-state index is -3.86. The lowest BCUT2D eigenvalue weighted by atomic mass is 10.1. The third-order valence-corrected chi connectivity index (χ3v) is 6.06. The smallest absolute Gasteiger partial charge is 0.261 e. The van der Waals surface area contributed by atoms with Crippen LogP contribution in [0.5, 0.6) is 5.75 Å². The normalized spacial score (nSPS) is 12.1. The molecule has 0 aliphatic rings. The predicted molar refractivity (Wildman–Crippen MR) is 118 cm³/mol. The number of anilines is 1. The molecule has 0 spiro atoms. The summed E-state index contributed by atoms with van der Waals surface area (Å²) in [4.78, 5) is 12.6. The summed E-state index contributed by atoms with van der Waals surface area (Å²) in [7, 11) is -2.33. The van der Waals surface area contributed by atoms with Gasteiger partial charge in [0.25, 0.3) is 15.9 Å². The molecule has 156 valence electrons. The van der Waals surface area contributed by atoms with Gasteiger partial charge in [-0.2, -0.15) is 0 Å². The number of rotatable bonds is 7. The summed E-state index contributed by atoms with van der Waals surface area (Å²) in [5.74, 6) is 0.231. The highest BCUT2D eigenvalue weighted by Gasteiger charge is 2.18. The van der Waals surface area contributed by atoms with Crippen molar-refractivity contribution in [2.45, 2.75) is 17.9 Å². The van der Waals surface area contributed by atoms with Crippen molar-refractivity contribution >= 4 is 33.2 Å². The van der Waals surface area contributed by atoms with Crippen LogP contribution in [0.1, 0.15) is 28.9 Å². The van der Waals surface area contributed by atoms with Crippen molar-refractivity contribution in [1.82, 2.24) is 5.32 Å². The first-order chi connectivity index (χ1) is 14.3. The Morgan fingerprint density at radius 1 is 1.00 bits per heavy atom. The van der Waals surface area contributed by atoms with Crippen LogP contribution in [0.3, 0.4) is 0 Å². The Morgan fingerprint density at radius 2 is 1.70 bits per heavy atom. The zero-order valence-electron chi connectivity index (χ0n) is 16.4. The minimum Gasteiger partial charge on any atom is -0.497 e. The lowest BCUT2D eigenvalue weighted by molar-refractivity contribution is 0.0939. The molecule has 6 nitrogen and oxygen atoms in total. The van der Waals surface area contributed by atoms with E-state index in [-0.39, 0.29) is 22.4 Å². The standard InChI is InChI=1S/C22H21ClN2O4S/c1-15(16-5-3-7-18(23)13-16)24-22(26)17-6-4-8-21(14-17)30(27,28)25-19-9-11-20(29-2)12-10-19/h3-15,25H,1-2H3,(H,24,26). The van der Waals surface area contributed by atoms with Crippen LogP contribution < -0.4 is 14.8 Å². The van der Waals surface area contributed by atoms with Gasteiger partial charge in [0.05, 0.1) is 18.0 Å². The van der Waals surface area contributed by atoms with Gasteiger partial charge >= 0.3 is 0 Å². The van der Waals surface area contributed by atoms with Crippen molar-refractivity contribution in [3.8, 4) is 5.75 Å². The summed E-state index contributed by atoms with van der Waals surface area (Å²) in [6, 6.07) is 19.2. The molecule has 30 heavy (non-hydrogen) atoms. The molecule has 8 heteroatoms. The maximum absolute atomic E-state index is 12.7. The number of carbonyl (C=O) groups is 1. The molecule has 1 atom stereocenters. The van der Waals surface area contributed by atoms with E-state index in [2.05, 4.69) is 10.0 Å². The Morgan fingerprint density at radius 3 is 2.37 bits per heavy atom. The molecule has 0 saturated heterocycles. The summed E-state index contributed by atoms with van der Waals surface area (Å²) in [6.07, 6.45) is 0. The van der Waals surface area contributed by atoms with Gasteiger partial charge in [0.15, 0.2) is 0 Å². The second kappa shape index (κ2) is 9.19. The van der Waals surface area contributed by atoms with Crippen LogP contribution in [-0.4, -0.2) is 21.4 Å². The van der Waals surface area contributed by atoms with Crippen LogP contribution in [-0.2, 0) is 10.0 Å². The summed E-state index contributed by atoms with van der Waals surface area (Å²) in [5.41, 5.74) is 1.47. The number of methoxy groups -OCH3 is 1. The first-order valence-corrected chi connectivity index (χ1v) is 11.0. The fraction of sp³-hybridized carbons (Fsp3) is 0.136. The molecule has 3 aromatic carbocycles. The van der Waals surface area contributed by atoms with Crippen molar-refractivity contribution < 1.29 is 17.9 Å². The number of sulfonamides is 1. The van der Waals surface area contributed by atoms with Gasteiger partial charge < -0.3 is 10.1 Å². The molecule has 3 aromatic rings. The summed E-state index contributed by atoms with van der Waals surface area (Å²) in [5, 5.41) is 3.43. The number of halogens is 1. The first-order valence-electron chi connectivity index (χ1n) is 9.12. The van der Waals surface area contributed by atoms with Crippen LogP contribution >= 0.6 is 11.6 Å². The van der Waals surface area contributed by atoms with Gasteiger partial charge in [0.2, 0.25) is 0 Å². The van der Waals surface area contributed by atoms with Gasteiger partial charge in [-0.1, -0.05) is 29.8 Å². The maximum Gasteiger partial charge on any atom is 0.261 e. The molecule has 0 aliphatic heterocycles. The summed E-state index contributed by atoms with van der Waals surface area (Å²) >= 11 is 6.00. The molecule has 1 unspecified atom stereocenters. The average Bonchev–Trinajstić information content (AvgIpc) is 2.74. The maximum atomic E-state index is 12.7. The number of amides is 1. The van der Waals surface area contributed by atoms with E-state index in [1.165, 1.54) is 25.3 Å². The molecule has 1 amide bonds. The monoisotopic (exact) mass is 444 g/mol. The van der Waals surface area contributed by atoms with Gasteiger partial charge in [0.1, 0.15) is 5.75 Å². The second-order valence-electron chi connectivity index (χ2n) is 6.61. The van der Waals surface area contributed by atoms with Crippen LogP contribution in [0.2, 0.25) is 5.02 Å². The summed E-state index contributed by atoms with van der Waals surface area (Å²) in [6.45, 7) is 1.83. The van der Waals surface area contributed by atoms with Crippen molar-refractivity contribution in [2.75, 3.05) is 11.8 Å². The van der Waals surface area contributed by atoms with Gasteiger partial charge in [-0.3, -0.25) is 9.52 Å². The fourth-order valence-corrected chi connectivity index (χ4v) is 4.12. The third-order valence-electron chi connectivity index (χ3n) is 4.45. The molecule has 0 fully saturated rings. The van der Waals surface area contributed by atoms with Crippen LogP contribution in [0.4, 0.5) is 5.69 Å². The van der Waals surface area contributed by atoms with E-state index in [1.54, 1.807) is 48.5 Å². The summed E-state index contributed by atoms with van der Waals surface area (Å²) < 4.78 is 33.0. The second-order valence-corrected chi connectivity index (χ2v) is 8.73. The number of benzene rings is 3. The van der Waals surface area contributed by atoms with Crippen molar-refractivity contribution in [1.29, 1.82) is 0 Å². The lowest BCUT2D eigenvalue weighted by Gasteiger charge is -2.15. The Bertz CT molecular complexity index is 1150. The molecule has 0 aromatic heterocycles. The van der Waals surface area contributed by atoms with E-state index < -0.39 is 10.0 Å². The Kier molecular flexibility index (Phi) is 6.64. The minimum absolute atomic E-state index is 0.0126. The molecule has 0 radical (unpaired) electrons. The zero-order valence-corrected chi connectivity index (χ0v) is 18.0. The Labute approximate surface area is 180 Å². The van der Waals surface area contributed by atoms with Crippen LogP contribution in [0.25, 0.3) is 0 Å². The molecule has 0 aliphatic carbocycles. The van der Waals surface area contributed by atoms with Crippen molar-refractivity contribution in [3.05, 3.63) is 88.9 Å². The zero-order chi connectivity index (χ0) is 21.7. The van der Waals surface area contributed by atoms with Gasteiger partial charge in [0, 0.05) is 16.3 Å². The third kappa shape index (κ3) is 5.31. The van der Waals surface area contributed by atoms with Crippen LogP contribution in [0, 0.1) is 0 Å². The molecular weight excluding hydrogens is 424 g/mol.